The molecular formula is C29H37F3O2. The molecule has 0 saturated heterocycles. The Morgan fingerprint density at radius 3 is 2.18 bits per heavy atom. The van der Waals surface area contributed by atoms with Gasteiger partial charge in [-0.05, 0) is 112 Å². The number of halogens is 3. The summed E-state index contributed by atoms with van der Waals surface area (Å²) in [5.41, 5.74) is 2.58. The number of hydrogen-bond acceptors (Lipinski definition) is 2. The van der Waals surface area contributed by atoms with Crippen molar-refractivity contribution >= 4 is 0 Å². The standard InChI is InChI=1S/C29H37F3O2/c1-2-34-18-24-10-9-23(17-27(24)30)20-6-3-19(4-7-20)5-8-22-13-16-26(29(32)28(22)31)21-11-14-25(33)15-12-21/h9-10,13,16-17,19-21,25,33H,2-8,11-12,14-15,18H2,1H3. The molecule has 0 amide bonds. The lowest BCUT2D eigenvalue weighted by molar-refractivity contribution is 0.122. The summed E-state index contributed by atoms with van der Waals surface area (Å²) in [4.78, 5) is 0. The number of aliphatic hydroxyl groups is 1. The van der Waals surface area contributed by atoms with Gasteiger partial charge in [-0.3, -0.25) is 0 Å². The van der Waals surface area contributed by atoms with Gasteiger partial charge in [-0.1, -0.05) is 24.3 Å². The van der Waals surface area contributed by atoms with E-state index < -0.39 is 11.6 Å². The van der Waals surface area contributed by atoms with Crippen LogP contribution < -0.4 is 0 Å². The Balaban J connectivity index is 1.29. The number of hydrogen-bond donors (Lipinski definition) is 1. The maximum atomic E-state index is 14.8. The average molecular weight is 475 g/mol. The predicted octanol–water partition coefficient (Wildman–Crippen LogP) is 7.57. The first-order valence-corrected chi connectivity index (χ1v) is 13.0. The van der Waals surface area contributed by atoms with E-state index in [0.717, 1.165) is 37.7 Å². The highest BCUT2D eigenvalue weighted by Gasteiger charge is 2.27. The lowest BCUT2D eigenvalue weighted by Gasteiger charge is -2.29. The third-order valence-electron chi connectivity index (χ3n) is 8.01. The normalized spacial score (nSPS) is 25.4. The minimum Gasteiger partial charge on any atom is -0.393 e. The quantitative estimate of drug-likeness (QED) is 0.428. The van der Waals surface area contributed by atoms with E-state index in [1.807, 2.05) is 19.1 Å². The molecule has 2 nitrogen and oxygen atoms in total. The Morgan fingerprint density at radius 2 is 1.50 bits per heavy atom. The number of ether oxygens (including phenoxy) is 1. The lowest BCUT2D eigenvalue weighted by atomic mass is 9.76. The minimum atomic E-state index is -0.697. The molecule has 2 aromatic carbocycles. The van der Waals surface area contributed by atoms with E-state index in [2.05, 4.69) is 0 Å². The molecule has 2 aromatic rings. The summed E-state index contributed by atoms with van der Waals surface area (Å²) in [6, 6.07) is 9.04. The largest absolute Gasteiger partial charge is 0.393 e. The molecule has 34 heavy (non-hydrogen) atoms. The molecule has 0 bridgehead atoms. The molecule has 5 heteroatoms. The Labute approximate surface area is 201 Å². The van der Waals surface area contributed by atoms with Gasteiger partial charge in [-0.15, -0.1) is 0 Å². The van der Waals surface area contributed by atoms with Crippen molar-refractivity contribution in [1.29, 1.82) is 0 Å². The van der Waals surface area contributed by atoms with E-state index in [-0.39, 0.29) is 17.8 Å². The molecule has 4 rings (SSSR count). The van der Waals surface area contributed by atoms with E-state index in [9.17, 15) is 18.3 Å². The minimum absolute atomic E-state index is 0.000279. The van der Waals surface area contributed by atoms with Crippen LogP contribution in [0.15, 0.2) is 30.3 Å². The fourth-order valence-corrected chi connectivity index (χ4v) is 5.79. The summed E-state index contributed by atoms with van der Waals surface area (Å²) in [6.45, 7) is 2.77. The predicted molar refractivity (Wildman–Crippen MR) is 128 cm³/mol. The van der Waals surface area contributed by atoms with E-state index in [4.69, 9.17) is 4.74 Å². The zero-order valence-corrected chi connectivity index (χ0v) is 20.2. The highest BCUT2D eigenvalue weighted by molar-refractivity contribution is 5.30. The fourth-order valence-electron chi connectivity index (χ4n) is 5.79. The third-order valence-corrected chi connectivity index (χ3v) is 8.01. The first kappa shape index (κ1) is 25.2. The van der Waals surface area contributed by atoms with Gasteiger partial charge in [0, 0.05) is 12.2 Å². The third kappa shape index (κ3) is 6.04. The highest BCUT2D eigenvalue weighted by Crippen LogP contribution is 2.39. The van der Waals surface area contributed by atoms with Gasteiger partial charge in [0.2, 0.25) is 0 Å². The summed E-state index contributed by atoms with van der Waals surface area (Å²) in [7, 11) is 0. The highest BCUT2D eigenvalue weighted by atomic mass is 19.2. The van der Waals surface area contributed by atoms with Gasteiger partial charge in [-0.25, -0.2) is 13.2 Å². The van der Waals surface area contributed by atoms with Crippen molar-refractivity contribution in [2.45, 2.75) is 95.7 Å². The lowest BCUT2D eigenvalue weighted by Crippen LogP contribution is -2.18. The molecule has 0 aliphatic heterocycles. The second-order valence-electron chi connectivity index (χ2n) is 10.2. The second kappa shape index (κ2) is 11.7. The molecule has 186 valence electrons. The zero-order chi connectivity index (χ0) is 24.1. The molecule has 0 unspecified atom stereocenters. The topological polar surface area (TPSA) is 29.5 Å². The smallest absolute Gasteiger partial charge is 0.162 e. The number of benzene rings is 2. The maximum Gasteiger partial charge on any atom is 0.162 e. The van der Waals surface area contributed by atoms with Crippen LogP contribution in [0.25, 0.3) is 0 Å². The zero-order valence-electron chi connectivity index (χ0n) is 20.2. The molecule has 2 aliphatic rings. The first-order chi connectivity index (χ1) is 16.5. The van der Waals surface area contributed by atoms with Gasteiger partial charge in [-0.2, -0.15) is 0 Å². The van der Waals surface area contributed by atoms with Gasteiger partial charge >= 0.3 is 0 Å². The summed E-state index contributed by atoms with van der Waals surface area (Å²) >= 11 is 0. The van der Waals surface area contributed by atoms with Crippen molar-refractivity contribution in [2.75, 3.05) is 6.61 Å². The van der Waals surface area contributed by atoms with Gasteiger partial charge in [0.25, 0.3) is 0 Å². The Kier molecular flexibility index (Phi) is 8.70. The van der Waals surface area contributed by atoms with Crippen LogP contribution in [0.5, 0.6) is 0 Å². The number of aliphatic hydroxyl groups excluding tert-OH is 1. The van der Waals surface area contributed by atoms with E-state index in [1.165, 1.54) is 0 Å². The molecule has 0 aromatic heterocycles. The van der Waals surface area contributed by atoms with Crippen LogP contribution >= 0.6 is 0 Å². The molecule has 0 radical (unpaired) electrons. The van der Waals surface area contributed by atoms with Crippen LogP contribution in [-0.2, 0) is 17.8 Å². The fraction of sp³-hybridized carbons (Fsp3) is 0.586. The van der Waals surface area contributed by atoms with Crippen molar-refractivity contribution in [2.24, 2.45) is 5.92 Å². The summed E-state index contributed by atoms with van der Waals surface area (Å²) in [6.07, 6.45) is 7.86. The molecule has 0 spiro atoms. The van der Waals surface area contributed by atoms with Crippen LogP contribution in [0, 0.1) is 23.4 Å². The molecule has 0 atom stereocenters. The van der Waals surface area contributed by atoms with Crippen LogP contribution in [-0.4, -0.2) is 17.8 Å². The van der Waals surface area contributed by atoms with Crippen molar-refractivity contribution < 1.29 is 23.0 Å². The van der Waals surface area contributed by atoms with Crippen molar-refractivity contribution in [3.63, 3.8) is 0 Å². The van der Waals surface area contributed by atoms with E-state index >= 15 is 0 Å². The van der Waals surface area contributed by atoms with Gasteiger partial charge in [0.15, 0.2) is 11.6 Å². The van der Waals surface area contributed by atoms with E-state index in [1.54, 1.807) is 18.2 Å². The van der Waals surface area contributed by atoms with Crippen molar-refractivity contribution in [1.82, 2.24) is 0 Å². The SMILES string of the molecule is CCOCc1ccc(C2CCC(CCc3ccc(C4CCC(O)CC4)c(F)c3F)CC2)cc1F. The Hall–Kier alpha value is -1.85. The molecule has 2 fully saturated rings. The molecular weight excluding hydrogens is 437 g/mol. The van der Waals surface area contributed by atoms with Crippen molar-refractivity contribution in [3.05, 3.63) is 70.0 Å². The summed E-state index contributed by atoms with van der Waals surface area (Å²) in [5.74, 6) is -0.745. The maximum absolute atomic E-state index is 14.8. The van der Waals surface area contributed by atoms with Gasteiger partial charge < -0.3 is 9.84 Å². The Morgan fingerprint density at radius 1 is 0.824 bits per heavy atom. The van der Waals surface area contributed by atoms with Gasteiger partial charge in [0.1, 0.15) is 5.82 Å². The molecule has 0 heterocycles. The number of aryl methyl sites for hydroxylation is 1. The Bertz CT molecular complexity index is 945. The monoisotopic (exact) mass is 474 g/mol. The second-order valence-corrected chi connectivity index (χ2v) is 10.2. The first-order valence-electron chi connectivity index (χ1n) is 13.0. The van der Waals surface area contributed by atoms with Crippen LogP contribution in [0.1, 0.15) is 98.8 Å². The van der Waals surface area contributed by atoms with Crippen LogP contribution in [0.4, 0.5) is 13.2 Å². The molecule has 1 N–H and O–H groups in total. The number of rotatable bonds is 8. The average Bonchev–Trinajstić information content (AvgIpc) is 2.85. The summed E-state index contributed by atoms with van der Waals surface area (Å²) < 4.78 is 49.3. The molecule has 2 saturated carbocycles. The van der Waals surface area contributed by atoms with Gasteiger partial charge in [0.05, 0.1) is 12.7 Å². The van der Waals surface area contributed by atoms with E-state index in [0.29, 0.717) is 73.8 Å². The molecule has 2 aliphatic carbocycles. The van der Waals surface area contributed by atoms with Crippen molar-refractivity contribution in [3.8, 4) is 0 Å². The summed E-state index contributed by atoms with van der Waals surface area (Å²) in [5, 5.41) is 9.68. The van der Waals surface area contributed by atoms with Crippen LogP contribution in [0.2, 0.25) is 0 Å². The van der Waals surface area contributed by atoms with Crippen LogP contribution in [0.3, 0.4) is 0 Å².